The van der Waals surface area contributed by atoms with Gasteiger partial charge < -0.3 is 41.6 Å². The SMILES string of the molecule is CCCN(CCC)C(=O)c1cc(C)cc(C(=O)O[C@H](CNC(CO)C(C)C)[C@@H](N)Cc2cc(F)cc(F)c2)c1.CCCN(CCC)S(=O)(=O)CCC(=O)O[C@H](CNCc1ccccc1)[C@@H](N)Cc1cc(F)cc(Cl)c1. The molecule has 0 aliphatic heterocycles. The fourth-order valence-electron chi connectivity index (χ4n) is 8.28. The number of hydrogen-bond donors (Lipinski definition) is 5. The van der Waals surface area contributed by atoms with Gasteiger partial charge in [0.15, 0.2) is 0 Å². The highest BCUT2D eigenvalue weighted by atomic mass is 35.5. The lowest BCUT2D eigenvalue weighted by Crippen LogP contribution is -2.49. The van der Waals surface area contributed by atoms with Crippen LogP contribution in [0.1, 0.15) is 117 Å². The molecule has 0 aliphatic rings. The van der Waals surface area contributed by atoms with Crippen LogP contribution in [-0.4, -0.2) is 123 Å². The Kier molecular flexibility index (Phi) is 28.6. The summed E-state index contributed by atoms with van der Waals surface area (Å²) >= 11 is 5.96. The third-order valence-corrected chi connectivity index (χ3v) is 14.2. The van der Waals surface area contributed by atoms with Crippen LogP contribution in [0.5, 0.6) is 0 Å². The number of rotatable bonds is 31. The fraction of sp³-hybridized carbons (Fsp3) is 0.518. The molecule has 75 heavy (non-hydrogen) atoms. The second-order valence-corrected chi connectivity index (χ2v) is 21.7. The van der Waals surface area contributed by atoms with Crippen molar-refractivity contribution in [2.24, 2.45) is 17.4 Å². The molecule has 19 heteroatoms. The van der Waals surface area contributed by atoms with Crippen LogP contribution in [0.25, 0.3) is 0 Å². The highest BCUT2D eigenvalue weighted by molar-refractivity contribution is 7.89. The Morgan fingerprint density at radius 1 is 0.707 bits per heavy atom. The van der Waals surface area contributed by atoms with Gasteiger partial charge in [-0.15, -0.1) is 0 Å². The molecule has 4 rings (SSSR count). The molecule has 0 radical (unpaired) electrons. The lowest BCUT2D eigenvalue weighted by molar-refractivity contribution is -0.149. The van der Waals surface area contributed by atoms with Crippen LogP contribution in [0.3, 0.4) is 0 Å². The largest absolute Gasteiger partial charge is 0.459 e. The minimum absolute atomic E-state index is 0.0559. The second-order valence-electron chi connectivity index (χ2n) is 19.2. The summed E-state index contributed by atoms with van der Waals surface area (Å²) in [7, 11) is -3.58. The molecule has 4 aromatic carbocycles. The maximum atomic E-state index is 13.8. The maximum Gasteiger partial charge on any atom is 0.338 e. The first kappa shape index (κ1) is 64.4. The lowest BCUT2D eigenvalue weighted by atomic mass is 10.00. The number of sulfonamides is 1. The molecule has 7 N–H and O–H groups in total. The van der Waals surface area contributed by atoms with Crippen molar-refractivity contribution < 1.29 is 50.6 Å². The van der Waals surface area contributed by atoms with Gasteiger partial charge in [-0.25, -0.2) is 30.7 Å². The number of aryl methyl sites for hydroxylation is 1. The van der Waals surface area contributed by atoms with E-state index in [0.29, 0.717) is 62.3 Å². The van der Waals surface area contributed by atoms with E-state index >= 15 is 0 Å². The molecule has 0 saturated heterocycles. The van der Waals surface area contributed by atoms with E-state index in [9.17, 15) is 41.1 Å². The van der Waals surface area contributed by atoms with Crippen molar-refractivity contribution in [1.82, 2.24) is 19.8 Å². The Bertz CT molecular complexity index is 2440. The van der Waals surface area contributed by atoms with Gasteiger partial charge in [-0.3, -0.25) is 9.59 Å². The summed E-state index contributed by atoms with van der Waals surface area (Å²) < 4.78 is 79.6. The molecule has 0 spiro atoms. The van der Waals surface area contributed by atoms with Crippen molar-refractivity contribution in [2.45, 2.75) is 130 Å². The van der Waals surface area contributed by atoms with E-state index in [2.05, 4.69) is 10.6 Å². The number of ether oxygens (including phenoxy) is 2. The zero-order valence-electron chi connectivity index (χ0n) is 44.6. The molecular weight excluding hydrogens is 1010 g/mol. The van der Waals surface area contributed by atoms with Gasteiger partial charge in [0.25, 0.3) is 5.91 Å². The van der Waals surface area contributed by atoms with E-state index < -0.39 is 63.7 Å². The molecule has 0 fully saturated rings. The van der Waals surface area contributed by atoms with Crippen LogP contribution in [0.4, 0.5) is 13.2 Å². The van der Waals surface area contributed by atoms with Crippen molar-refractivity contribution >= 4 is 39.5 Å². The van der Waals surface area contributed by atoms with Crippen LogP contribution in [0, 0.1) is 30.3 Å². The normalized spacial score (nSPS) is 13.6. The molecule has 1 amide bonds. The van der Waals surface area contributed by atoms with Crippen LogP contribution >= 0.6 is 11.6 Å². The van der Waals surface area contributed by atoms with E-state index in [1.54, 1.807) is 30.0 Å². The number of carbonyl (C=O) groups excluding carboxylic acids is 3. The van der Waals surface area contributed by atoms with E-state index in [0.717, 1.165) is 30.0 Å². The quantitative estimate of drug-likeness (QED) is 0.0303. The molecule has 0 saturated carbocycles. The molecule has 416 valence electrons. The van der Waals surface area contributed by atoms with E-state index in [1.807, 2.05) is 71.9 Å². The molecule has 1 unspecified atom stereocenters. The number of nitrogens with one attached hydrogen (secondary N) is 2. The van der Waals surface area contributed by atoms with Crippen molar-refractivity contribution in [3.63, 3.8) is 0 Å². The highest BCUT2D eigenvalue weighted by Crippen LogP contribution is 2.20. The zero-order chi connectivity index (χ0) is 55.7. The number of aliphatic hydroxyl groups excluding tert-OH is 1. The van der Waals surface area contributed by atoms with Crippen LogP contribution in [0.15, 0.2) is 84.9 Å². The average Bonchev–Trinajstić information content (AvgIpc) is 3.34. The molecule has 4 aromatic rings. The molecule has 0 bridgehead atoms. The molecule has 0 heterocycles. The Hall–Kier alpha value is -4.92. The molecular formula is C56H80ClF3N6O8S. The Labute approximate surface area is 448 Å². The van der Waals surface area contributed by atoms with Crippen LogP contribution in [0.2, 0.25) is 5.02 Å². The number of amides is 1. The van der Waals surface area contributed by atoms with Crippen molar-refractivity contribution in [1.29, 1.82) is 0 Å². The van der Waals surface area contributed by atoms with Gasteiger partial charge in [0.2, 0.25) is 10.0 Å². The van der Waals surface area contributed by atoms with Gasteiger partial charge in [0, 0.05) is 80.6 Å². The zero-order valence-corrected chi connectivity index (χ0v) is 46.2. The standard InChI is InChI=1S/C30H43F2N3O4.C26H37ClFN3O4S/c1-6-8-35(9-7-2)29(37)22-10-20(5)11-23(15-22)30(38)39-28(17-34-27(18-36)19(3)4)26(33)14-21-12-24(31)16-25(32)13-21;1-3-11-31(12-4-2)36(33,34)13-10-26(32)35-25(19-30-18-20-8-6-5-7-9-20)24(29)16-21-14-22(27)17-23(28)15-21/h10-13,15-16,19,26-28,34,36H,6-9,14,17-18,33H2,1-5H3;5-9,14-15,17,24-25,30H,3-4,10-13,16,18-19,29H2,1-2H3/t26-,27?,28+;24-,25+/m00/s1. The second kappa shape index (κ2) is 33.3. The number of nitrogens with two attached hydrogens (primary N) is 2. The van der Waals surface area contributed by atoms with E-state index in [4.69, 9.17) is 32.5 Å². The summed E-state index contributed by atoms with van der Waals surface area (Å²) in [5.74, 6) is -3.61. The summed E-state index contributed by atoms with van der Waals surface area (Å²) in [5.41, 5.74) is 16.1. The minimum Gasteiger partial charge on any atom is -0.459 e. The summed E-state index contributed by atoms with van der Waals surface area (Å²) in [6.07, 6.45) is 1.39. The summed E-state index contributed by atoms with van der Waals surface area (Å²) in [6.45, 7) is 16.3. The number of carbonyl (C=O) groups is 3. The predicted octanol–water partition coefficient (Wildman–Crippen LogP) is 8.13. The molecule has 0 aromatic heterocycles. The molecule has 14 nitrogen and oxygen atoms in total. The first-order chi connectivity index (χ1) is 35.6. The van der Waals surface area contributed by atoms with Gasteiger partial charge in [0.05, 0.1) is 24.3 Å². The van der Waals surface area contributed by atoms with Crippen molar-refractivity contribution in [3.8, 4) is 0 Å². The summed E-state index contributed by atoms with van der Waals surface area (Å²) in [5, 5.41) is 16.4. The Morgan fingerprint density at radius 2 is 1.24 bits per heavy atom. The van der Waals surface area contributed by atoms with Crippen molar-refractivity contribution in [2.75, 3.05) is 51.6 Å². The van der Waals surface area contributed by atoms with Gasteiger partial charge in [-0.05, 0) is 122 Å². The van der Waals surface area contributed by atoms with E-state index in [-0.39, 0.29) is 73.2 Å². The van der Waals surface area contributed by atoms with E-state index in [1.165, 1.54) is 34.6 Å². The predicted molar refractivity (Wildman–Crippen MR) is 290 cm³/mol. The third kappa shape index (κ3) is 23.1. The Balaban J connectivity index is 0.000000397. The first-order valence-electron chi connectivity index (χ1n) is 25.9. The number of halogens is 4. The number of benzene rings is 4. The van der Waals surface area contributed by atoms with Crippen molar-refractivity contribution in [3.05, 3.63) is 141 Å². The number of hydrogen-bond acceptors (Lipinski definition) is 12. The number of esters is 2. The smallest absolute Gasteiger partial charge is 0.338 e. The average molecular weight is 1090 g/mol. The molecule has 0 aliphatic carbocycles. The maximum absolute atomic E-state index is 13.8. The minimum atomic E-state index is -3.58. The monoisotopic (exact) mass is 1090 g/mol. The summed E-state index contributed by atoms with van der Waals surface area (Å²) in [6, 6.07) is 20.2. The Morgan fingerprint density at radius 3 is 1.77 bits per heavy atom. The van der Waals surface area contributed by atoms with Gasteiger partial charge in [0.1, 0.15) is 29.7 Å². The van der Waals surface area contributed by atoms with Gasteiger partial charge in [-0.1, -0.05) is 83.5 Å². The third-order valence-electron chi connectivity index (χ3n) is 12.1. The van der Waals surface area contributed by atoms with Gasteiger partial charge >= 0.3 is 11.9 Å². The number of aliphatic hydroxyl groups is 1. The van der Waals surface area contributed by atoms with Crippen LogP contribution in [-0.2, 0) is 43.7 Å². The fourth-order valence-corrected chi connectivity index (χ4v) is 10.1. The van der Waals surface area contributed by atoms with Crippen LogP contribution < -0.4 is 22.1 Å². The topological polar surface area (TPSA) is 207 Å². The number of nitrogens with zero attached hydrogens (tertiary/aromatic N) is 2. The highest BCUT2D eigenvalue weighted by Gasteiger charge is 2.28. The summed E-state index contributed by atoms with van der Waals surface area (Å²) in [4.78, 5) is 40.9. The molecule has 5 atom stereocenters. The first-order valence-corrected chi connectivity index (χ1v) is 27.9. The van der Waals surface area contributed by atoms with Gasteiger partial charge in [-0.2, -0.15) is 0 Å². The lowest BCUT2D eigenvalue weighted by Gasteiger charge is -2.28.